The normalized spacial score (nSPS) is 10.2. The molecule has 2 aromatic carbocycles. The Bertz CT molecular complexity index is 722. The minimum atomic E-state index is -1.16. The Morgan fingerprint density at radius 3 is 2.41 bits per heavy atom. The number of nitrogens with one attached hydrogen (secondary N) is 1. The van der Waals surface area contributed by atoms with Gasteiger partial charge in [-0.3, -0.25) is 4.79 Å². The monoisotopic (exact) mass is 327 g/mol. The van der Waals surface area contributed by atoms with Crippen LogP contribution in [0.3, 0.4) is 0 Å². The van der Waals surface area contributed by atoms with E-state index in [1.54, 1.807) is 12.1 Å². The van der Waals surface area contributed by atoms with Gasteiger partial charge in [0.1, 0.15) is 11.5 Å². The van der Waals surface area contributed by atoms with Crippen LogP contribution in [-0.4, -0.2) is 20.1 Å². The smallest absolute Gasteiger partial charge is 0.257 e. The van der Waals surface area contributed by atoms with Crippen molar-refractivity contribution in [2.45, 2.75) is 0 Å². The molecule has 0 radical (unpaired) electrons. The van der Waals surface area contributed by atoms with Crippen molar-refractivity contribution in [3.8, 4) is 11.5 Å². The van der Waals surface area contributed by atoms with Crippen LogP contribution < -0.4 is 14.8 Å². The fraction of sp³-hybridized carbons (Fsp3) is 0.133. The van der Waals surface area contributed by atoms with Gasteiger partial charge in [0.25, 0.3) is 5.91 Å². The molecule has 116 valence electrons. The SMILES string of the molecule is COc1ccc(OC)c(NC(=O)c2cc(F)c(F)cc2Cl)c1. The molecule has 1 N–H and O–H groups in total. The van der Waals surface area contributed by atoms with Crippen LogP contribution in [0.5, 0.6) is 11.5 Å². The lowest BCUT2D eigenvalue weighted by Gasteiger charge is -2.12. The summed E-state index contributed by atoms with van der Waals surface area (Å²) in [6, 6.07) is 6.26. The summed E-state index contributed by atoms with van der Waals surface area (Å²) in [6.07, 6.45) is 0. The molecule has 4 nitrogen and oxygen atoms in total. The first-order chi connectivity index (χ1) is 10.5. The first-order valence-electron chi connectivity index (χ1n) is 6.14. The first-order valence-corrected chi connectivity index (χ1v) is 6.52. The molecular formula is C15H12ClF2NO3. The number of halogens is 3. The van der Waals surface area contributed by atoms with Crippen molar-refractivity contribution in [3.05, 3.63) is 52.6 Å². The number of methoxy groups -OCH3 is 2. The van der Waals surface area contributed by atoms with E-state index in [0.717, 1.165) is 12.1 Å². The van der Waals surface area contributed by atoms with E-state index in [9.17, 15) is 13.6 Å². The highest BCUT2D eigenvalue weighted by molar-refractivity contribution is 6.34. The Balaban J connectivity index is 2.35. The molecule has 0 atom stereocenters. The zero-order valence-electron chi connectivity index (χ0n) is 11.7. The van der Waals surface area contributed by atoms with Gasteiger partial charge >= 0.3 is 0 Å². The number of hydrogen-bond acceptors (Lipinski definition) is 3. The molecule has 1 amide bonds. The molecule has 0 aliphatic carbocycles. The lowest BCUT2D eigenvalue weighted by atomic mass is 10.2. The highest BCUT2D eigenvalue weighted by Crippen LogP contribution is 2.30. The van der Waals surface area contributed by atoms with Gasteiger partial charge in [-0.05, 0) is 24.3 Å². The van der Waals surface area contributed by atoms with Crippen molar-refractivity contribution in [2.24, 2.45) is 0 Å². The van der Waals surface area contributed by atoms with Crippen molar-refractivity contribution in [1.29, 1.82) is 0 Å². The molecule has 0 fully saturated rings. The van der Waals surface area contributed by atoms with Gasteiger partial charge in [0.05, 0.1) is 30.5 Å². The third-order valence-corrected chi connectivity index (χ3v) is 3.22. The summed E-state index contributed by atoms with van der Waals surface area (Å²) in [4.78, 5) is 12.2. The molecule has 22 heavy (non-hydrogen) atoms. The van der Waals surface area contributed by atoms with Crippen LogP contribution in [0.2, 0.25) is 5.02 Å². The van der Waals surface area contributed by atoms with E-state index >= 15 is 0 Å². The summed E-state index contributed by atoms with van der Waals surface area (Å²) in [7, 11) is 2.90. The van der Waals surface area contributed by atoms with E-state index in [2.05, 4.69) is 5.32 Å². The van der Waals surface area contributed by atoms with Crippen LogP contribution in [0.25, 0.3) is 0 Å². The predicted molar refractivity (Wildman–Crippen MR) is 78.9 cm³/mol. The molecule has 0 spiro atoms. The van der Waals surface area contributed by atoms with Gasteiger partial charge < -0.3 is 14.8 Å². The highest BCUT2D eigenvalue weighted by Gasteiger charge is 2.17. The van der Waals surface area contributed by atoms with E-state index < -0.39 is 17.5 Å². The molecule has 0 saturated heterocycles. The molecule has 0 heterocycles. The predicted octanol–water partition coefficient (Wildman–Crippen LogP) is 3.89. The fourth-order valence-electron chi connectivity index (χ4n) is 1.80. The second-order valence-corrected chi connectivity index (χ2v) is 4.67. The molecule has 0 saturated carbocycles. The topological polar surface area (TPSA) is 47.6 Å². The number of carbonyl (C=O) groups excluding carboxylic acids is 1. The van der Waals surface area contributed by atoms with Gasteiger partial charge in [-0.1, -0.05) is 11.6 Å². The Hall–Kier alpha value is -2.34. The van der Waals surface area contributed by atoms with Crippen molar-refractivity contribution < 1.29 is 23.0 Å². The largest absolute Gasteiger partial charge is 0.497 e. The summed E-state index contributed by atoms with van der Waals surface area (Å²) in [5.74, 6) is -2.11. The lowest BCUT2D eigenvalue weighted by Crippen LogP contribution is -2.14. The molecule has 0 aliphatic heterocycles. The van der Waals surface area contributed by atoms with Crippen LogP contribution >= 0.6 is 11.6 Å². The Morgan fingerprint density at radius 2 is 1.77 bits per heavy atom. The first kappa shape index (κ1) is 16.0. The number of benzene rings is 2. The third kappa shape index (κ3) is 3.28. The number of carbonyl (C=O) groups is 1. The Morgan fingerprint density at radius 1 is 1.09 bits per heavy atom. The van der Waals surface area contributed by atoms with E-state index in [0.29, 0.717) is 17.2 Å². The van der Waals surface area contributed by atoms with Gasteiger partial charge in [0.2, 0.25) is 0 Å². The van der Waals surface area contributed by atoms with Crippen LogP contribution in [0.1, 0.15) is 10.4 Å². The van der Waals surface area contributed by atoms with Crippen molar-refractivity contribution in [1.82, 2.24) is 0 Å². The lowest BCUT2D eigenvalue weighted by molar-refractivity contribution is 0.102. The molecule has 7 heteroatoms. The summed E-state index contributed by atoms with van der Waals surface area (Å²) < 4.78 is 36.5. The number of hydrogen-bond donors (Lipinski definition) is 1. The molecule has 0 aliphatic rings. The quantitative estimate of drug-likeness (QED) is 0.867. The molecule has 2 rings (SSSR count). The minimum Gasteiger partial charge on any atom is -0.497 e. The molecular weight excluding hydrogens is 316 g/mol. The standard InChI is InChI=1S/C15H12ClF2NO3/c1-21-8-3-4-14(22-2)13(5-8)19-15(20)9-6-11(17)12(18)7-10(9)16/h3-7H,1-2H3,(H,19,20). The van der Waals surface area contributed by atoms with E-state index in [1.165, 1.54) is 20.3 Å². The maximum Gasteiger partial charge on any atom is 0.257 e. The average molecular weight is 328 g/mol. The fourth-order valence-corrected chi connectivity index (χ4v) is 2.03. The second kappa shape index (κ2) is 6.62. The summed E-state index contributed by atoms with van der Waals surface area (Å²) >= 11 is 5.77. The number of anilines is 1. The molecule has 0 unspecified atom stereocenters. The van der Waals surface area contributed by atoms with Crippen molar-refractivity contribution in [2.75, 3.05) is 19.5 Å². The average Bonchev–Trinajstić information content (AvgIpc) is 2.50. The number of ether oxygens (including phenoxy) is 2. The number of rotatable bonds is 4. The third-order valence-electron chi connectivity index (χ3n) is 2.91. The second-order valence-electron chi connectivity index (χ2n) is 4.27. The zero-order valence-corrected chi connectivity index (χ0v) is 12.5. The van der Waals surface area contributed by atoms with Gasteiger partial charge in [-0.2, -0.15) is 0 Å². The van der Waals surface area contributed by atoms with Gasteiger partial charge in [-0.15, -0.1) is 0 Å². The zero-order chi connectivity index (χ0) is 16.3. The maximum absolute atomic E-state index is 13.3. The summed E-state index contributed by atoms with van der Waals surface area (Å²) in [5.41, 5.74) is 0.123. The van der Waals surface area contributed by atoms with Crippen LogP contribution in [0.15, 0.2) is 30.3 Å². The highest BCUT2D eigenvalue weighted by atomic mass is 35.5. The number of amides is 1. The van der Waals surface area contributed by atoms with Gasteiger partial charge in [-0.25, -0.2) is 8.78 Å². The summed E-state index contributed by atoms with van der Waals surface area (Å²) in [6.45, 7) is 0. The van der Waals surface area contributed by atoms with E-state index in [4.69, 9.17) is 21.1 Å². The molecule has 0 aromatic heterocycles. The van der Waals surface area contributed by atoms with E-state index in [1.807, 2.05) is 0 Å². The molecule has 0 bridgehead atoms. The van der Waals surface area contributed by atoms with Crippen LogP contribution in [-0.2, 0) is 0 Å². The molecule has 2 aromatic rings. The Kier molecular flexibility index (Phi) is 4.82. The van der Waals surface area contributed by atoms with E-state index in [-0.39, 0.29) is 10.6 Å². The van der Waals surface area contributed by atoms with Gasteiger partial charge in [0.15, 0.2) is 11.6 Å². The van der Waals surface area contributed by atoms with Gasteiger partial charge in [0, 0.05) is 6.07 Å². The Labute approximate surface area is 130 Å². The van der Waals surface area contributed by atoms with Crippen molar-refractivity contribution in [3.63, 3.8) is 0 Å². The summed E-state index contributed by atoms with van der Waals surface area (Å²) in [5, 5.41) is 2.33. The van der Waals surface area contributed by atoms with Crippen LogP contribution in [0.4, 0.5) is 14.5 Å². The van der Waals surface area contributed by atoms with Crippen LogP contribution in [0, 0.1) is 11.6 Å². The maximum atomic E-state index is 13.3. The minimum absolute atomic E-state index is 0.189. The van der Waals surface area contributed by atoms with Crippen molar-refractivity contribution >= 4 is 23.2 Å².